The predicted octanol–water partition coefficient (Wildman–Crippen LogP) is 1.54. The average molecular weight is 252 g/mol. The number of sulfonamides is 1. The highest BCUT2D eigenvalue weighted by atomic mass is 35.5. The van der Waals surface area contributed by atoms with Gasteiger partial charge in [-0.3, -0.25) is 4.79 Å². The summed E-state index contributed by atoms with van der Waals surface area (Å²) in [5.41, 5.74) is 0.194. The molecule has 0 aliphatic carbocycles. The second kappa shape index (κ2) is 4.69. The molecule has 0 aromatic heterocycles. The van der Waals surface area contributed by atoms with E-state index >= 15 is 0 Å². The first kappa shape index (κ1) is 12.1. The molecule has 0 aliphatic rings. The van der Waals surface area contributed by atoms with Crippen molar-refractivity contribution in [3.8, 4) is 0 Å². The number of nitrogens with zero attached hydrogens (tertiary/aromatic N) is 1. The number of rotatable bonds is 4. The third kappa shape index (κ3) is 3.26. The van der Waals surface area contributed by atoms with Crippen molar-refractivity contribution < 1.29 is 17.7 Å². The first-order chi connectivity index (χ1) is 6.93. The summed E-state index contributed by atoms with van der Waals surface area (Å²) in [5.74, 6) is -1.70. The van der Waals surface area contributed by atoms with E-state index in [9.17, 15) is 17.7 Å². The minimum absolute atomic E-state index is 0.194. The molecule has 15 heavy (non-hydrogen) atoms. The van der Waals surface area contributed by atoms with Crippen LogP contribution in [0.5, 0.6) is 0 Å². The van der Waals surface area contributed by atoms with Gasteiger partial charge in [0.05, 0.1) is 4.05 Å². The third-order valence-electron chi connectivity index (χ3n) is 1.62. The van der Waals surface area contributed by atoms with E-state index in [0.717, 1.165) is 0 Å². The Morgan fingerprint density at radius 1 is 1.33 bits per heavy atom. The summed E-state index contributed by atoms with van der Waals surface area (Å²) < 4.78 is 33.1. The first-order valence-electron chi connectivity index (χ1n) is 3.86. The highest BCUT2D eigenvalue weighted by Gasteiger charge is 2.24. The Labute approximate surface area is 91.4 Å². The molecule has 1 rings (SSSR count). The maximum atomic E-state index is 12.2. The van der Waals surface area contributed by atoms with Gasteiger partial charge in [0.15, 0.2) is 5.78 Å². The van der Waals surface area contributed by atoms with Crippen LogP contribution in [0.15, 0.2) is 30.3 Å². The van der Waals surface area contributed by atoms with Crippen LogP contribution in [-0.2, 0) is 10.0 Å². The standard InChI is InChI=1S/C8H7ClFNO3S/c9-11(10)15(13,14)6-8(12)7-4-2-1-3-5-7/h1-5H,6H2. The fourth-order valence-electron chi connectivity index (χ4n) is 0.922. The second-order valence-electron chi connectivity index (χ2n) is 2.72. The SMILES string of the molecule is O=C(CS(=O)(=O)N(F)Cl)c1ccccc1. The molecule has 0 amide bonds. The number of halogens is 2. The van der Waals surface area contributed by atoms with E-state index in [1.807, 2.05) is 0 Å². The number of hydrogen-bond donors (Lipinski definition) is 0. The maximum absolute atomic E-state index is 12.2. The fraction of sp³-hybridized carbons (Fsp3) is 0.125. The molecule has 0 radical (unpaired) electrons. The second-order valence-corrected chi connectivity index (χ2v) is 4.99. The lowest BCUT2D eigenvalue weighted by molar-refractivity contribution is 0.101. The summed E-state index contributed by atoms with van der Waals surface area (Å²) in [4.78, 5) is 11.3. The first-order valence-corrected chi connectivity index (χ1v) is 5.81. The molecule has 0 aliphatic heterocycles. The molecule has 0 fully saturated rings. The smallest absolute Gasteiger partial charge is 0.262 e. The summed E-state index contributed by atoms with van der Waals surface area (Å²) in [7, 11) is -4.36. The van der Waals surface area contributed by atoms with Gasteiger partial charge >= 0.3 is 0 Å². The van der Waals surface area contributed by atoms with Gasteiger partial charge in [-0.2, -0.15) is 0 Å². The number of carbonyl (C=O) groups is 1. The molecule has 1 aromatic carbocycles. The molecule has 0 heterocycles. The van der Waals surface area contributed by atoms with Crippen LogP contribution in [0.1, 0.15) is 10.4 Å². The summed E-state index contributed by atoms with van der Waals surface area (Å²) in [6, 6.07) is 7.71. The zero-order valence-corrected chi connectivity index (χ0v) is 9.00. The monoisotopic (exact) mass is 251 g/mol. The van der Waals surface area contributed by atoms with Crippen molar-refractivity contribution >= 4 is 27.6 Å². The molecule has 0 spiro atoms. The molecule has 0 unspecified atom stereocenters. The lowest BCUT2D eigenvalue weighted by Gasteiger charge is -2.03. The molecule has 82 valence electrons. The van der Waals surface area contributed by atoms with Gasteiger partial charge in [0.25, 0.3) is 10.0 Å². The van der Waals surface area contributed by atoms with Gasteiger partial charge in [0, 0.05) is 17.3 Å². The zero-order valence-electron chi connectivity index (χ0n) is 7.43. The van der Waals surface area contributed by atoms with E-state index in [1.165, 1.54) is 12.1 Å². The van der Waals surface area contributed by atoms with Crippen molar-refractivity contribution in [1.29, 1.82) is 0 Å². The van der Waals surface area contributed by atoms with Crippen LogP contribution >= 0.6 is 11.8 Å². The lowest BCUT2D eigenvalue weighted by Crippen LogP contribution is -2.23. The molecule has 0 atom stereocenters. The molecule has 7 heteroatoms. The van der Waals surface area contributed by atoms with Crippen LogP contribution in [0.3, 0.4) is 0 Å². The molecule has 0 saturated carbocycles. The largest absolute Gasteiger partial charge is 0.293 e. The van der Waals surface area contributed by atoms with E-state index in [-0.39, 0.29) is 5.56 Å². The quantitative estimate of drug-likeness (QED) is 0.603. The molecule has 1 aromatic rings. The Hall–Kier alpha value is -0.980. The average Bonchev–Trinajstić information content (AvgIpc) is 2.18. The van der Waals surface area contributed by atoms with Crippen molar-refractivity contribution in [2.45, 2.75) is 0 Å². The normalized spacial score (nSPS) is 11.7. The minimum atomic E-state index is -4.36. The molecular formula is C8H7ClFNO3S. The van der Waals surface area contributed by atoms with E-state index in [0.29, 0.717) is 0 Å². The number of ketones is 1. The Bertz CT molecular complexity index is 446. The highest BCUT2D eigenvalue weighted by molar-refractivity contribution is 7.90. The summed E-state index contributed by atoms with van der Waals surface area (Å²) in [6.07, 6.45) is 0. The Balaban J connectivity index is 2.82. The van der Waals surface area contributed by atoms with Crippen molar-refractivity contribution in [2.24, 2.45) is 0 Å². The van der Waals surface area contributed by atoms with Gasteiger partial charge in [-0.1, -0.05) is 30.3 Å². The van der Waals surface area contributed by atoms with Gasteiger partial charge in [0.2, 0.25) is 0 Å². The zero-order chi connectivity index (χ0) is 11.5. The van der Waals surface area contributed by atoms with Crippen molar-refractivity contribution in [2.75, 3.05) is 5.75 Å². The van der Waals surface area contributed by atoms with Gasteiger partial charge < -0.3 is 0 Å². The highest BCUT2D eigenvalue weighted by Crippen LogP contribution is 2.09. The molecular weight excluding hydrogens is 245 g/mol. The lowest BCUT2D eigenvalue weighted by atomic mass is 10.2. The number of hydrogen-bond acceptors (Lipinski definition) is 3. The number of benzene rings is 1. The van der Waals surface area contributed by atoms with Gasteiger partial charge in [0.1, 0.15) is 5.75 Å². The molecule has 0 bridgehead atoms. The topological polar surface area (TPSA) is 54.5 Å². The summed E-state index contributed by atoms with van der Waals surface area (Å²) in [6.45, 7) is 0. The van der Waals surface area contributed by atoms with Crippen LogP contribution in [0.25, 0.3) is 0 Å². The van der Waals surface area contributed by atoms with Crippen LogP contribution in [-0.4, -0.2) is 24.0 Å². The Morgan fingerprint density at radius 3 is 2.33 bits per heavy atom. The summed E-state index contributed by atoms with van der Waals surface area (Å²) >= 11 is 4.63. The number of Topliss-reactive ketones (excluding diaryl/α,β-unsaturated/α-hetero) is 1. The fourth-order valence-corrected chi connectivity index (χ4v) is 1.66. The van der Waals surface area contributed by atoms with Crippen molar-refractivity contribution in [1.82, 2.24) is 4.05 Å². The molecule has 0 saturated heterocycles. The van der Waals surface area contributed by atoms with Gasteiger partial charge in [-0.15, -0.1) is 4.48 Å². The third-order valence-corrected chi connectivity index (χ3v) is 3.30. The van der Waals surface area contributed by atoms with Crippen molar-refractivity contribution in [3.05, 3.63) is 35.9 Å². The van der Waals surface area contributed by atoms with E-state index in [2.05, 4.69) is 11.8 Å². The Kier molecular flexibility index (Phi) is 3.78. The van der Waals surface area contributed by atoms with Crippen molar-refractivity contribution in [3.63, 3.8) is 0 Å². The van der Waals surface area contributed by atoms with Crippen LogP contribution in [0.2, 0.25) is 0 Å². The van der Waals surface area contributed by atoms with Crippen LogP contribution < -0.4 is 0 Å². The van der Waals surface area contributed by atoms with E-state index < -0.39 is 25.6 Å². The number of carbonyl (C=O) groups excluding carboxylic acids is 1. The van der Waals surface area contributed by atoms with E-state index in [1.54, 1.807) is 18.2 Å². The van der Waals surface area contributed by atoms with Gasteiger partial charge in [-0.25, -0.2) is 8.42 Å². The Morgan fingerprint density at radius 2 is 1.87 bits per heavy atom. The maximum Gasteiger partial charge on any atom is 0.262 e. The van der Waals surface area contributed by atoms with Crippen LogP contribution in [0.4, 0.5) is 4.48 Å². The predicted molar refractivity (Wildman–Crippen MR) is 53.4 cm³/mol. The summed E-state index contributed by atoms with van der Waals surface area (Å²) in [5, 5.41) is 0. The van der Waals surface area contributed by atoms with E-state index in [4.69, 9.17) is 0 Å². The molecule has 4 nitrogen and oxygen atoms in total. The van der Waals surface area contributed by atoms with Gasteiger partial charge in [-0.05, 0) is 0 Å². The van der Waals surface area contributed by atoms with Crippen LogP contribution in [0, 0.1) is 0 Å². The minimum Gasteiger partial charge on any atom is -0.293 e. The molecule has 0 N–H and O–H groups in total.